The predicted octanol–water partition coefficient (Wildman–Crippen LogP) is 4.56. The normalized spacial score (nSPS) is 23.9. The number of aromatic nitrogens is 2. The molecular weight excluding hydrogens is 346 g/mol. The fraction of sp³-hybridized carbons (Fsp3) is 0.375. The minimum Gasteiger partial charge on any atom is -0.333 e. The first-order chi connectivity index (χ1) is 13.7. The zero-order valence-corrected chi connectivity index (χ0v) is 16.2. The maximum Gasteiger partial charge on any atom is 0.255 e. The highest BCUT2D eigenvalue weighted by molar-refractivity contribution is 5.94. The molecule has 2 fully saturated rings. The third-order valence-electron chi connectivity index (χ3n) is 6.51. The van der Waals surface area contributed by atoms with Gasteiger partial charge in [0.2, 0.25) is 0 Å². The molecule has 4 heterocycles. The standard InChI is InChI=1S/C24H25N3O/c1-16-5-6-20(14-26-16)24(28)27-21-7-8-22(27)13-17(12-21)11-19-4-2-3-18-9-10-25-15-23(18)19/h2-6,9-10,14-15,17,21-22H,7-8,11-13H2,1H3. The van der Waals surface area contributed by atoms with Crippen LogP contribution >= 0.6 is 0 Å². The van der Waals surface area contributed by atoms with Gasteiger partial charge in [-0.1, -0.05) is 18.2 Å². The summed E-state index contributed by atoms with van der Waals surface area (Å²) in [5.41, 5.74) is 3.06. The molecule has 2 aromatic heterocycles. The molecule has 0 aliphatic carbocycles. The molecule has 0 saturated carbocycles. The van der Waals surface area contributed by atoms with Crippen LogP contribution in [0.3, 0.4) is 0 Å². The molecule has 28 heavy (non-hydrogen) atoms. The Morgan fingerprint density at radius 2 is 1.89 bits per heavy atom. The Kier molecular flexibility index (Phi) is 4.34. The van der Waals surface area contributed by atoms with Gasteiger partial charge in [0.25, 0.3) is 5.91 Å². The molecule has 0 radical (unpaired) electrons. The van der Waals surface area contributed by atoms with Gasteiger partial charge in [-0.25, -0.2) is 0 Å². The molecule has 1 amide bonds. The van der Waals surface area contributed by atoms with Crippen LogP contribution in [0.5, 0.6) is 0 Å². The van der Waals surface area contributed by atoms with E-state index in [2.05, 4.69) is 39.1 Å². The van der Waals surface area contributed by atoms with Crippen molar-refractivity contribution in [3.63, 3.8) is 0 Å². The van der Waals surface area contributed by atoms with Crippen LogP contribution in [0.1, 0.15) is 47.3 Å². The molecule has 2 atom stereocenters. The fourth-order valence-electron chi connectivity index (χ4n) is 5.20. The topological polar surface area (TPSA) is 46.1 Å². The number of fused-ring (bicyclic) bond motifs is 3. The number of amides is 1. The Morgan fingerprint density at radius 1 is 1.07 bits per heavy atom. The molecular formula is C24H25N3O. The predicted molar refractivity (Wildman–Crippen MR) is 110 cm³/mol. The number of carbonyl (C=O) groups is 1. The van der Waals surface area contributed by atoms with Gasteiger partial charge in [0.05, 0.1) is 5.56 Å². The molecule has 2 saturated heterocycles. The molecule has 2 aliphatic rings. The van der Waals surface area contributed by atoms with Crippen molar-refractivity contribution in [2.45, 2.75) is 51.1 Å². The van der Waals surface area contributed by atoms with Crippen molar-refractivity contribution in [2.24, 2.45) is 5.92 Å². The van der Waals surface area contributed by atoms with E-state index in [-0.39, 0.29) is 5.91 Å². The first-order valence-corrected chi connectivity index (χ1v) is 10.3. The molecule has 2 bridgehead atoms. The van der Waals surface area contributed by atoms with Crippen molar-refractivity contribution in [1.29, 1.82) is 0 Å². The first kappa shape index (κ1) is 17.4. The Bertz CT molecular complexity index is 995. The van der Waals surface area contributed by atoms with E-state index >= 15 is 0 Å². The van der Waals surface area contributed by atoms with Gasteiger partial charge in [0.1, 0.15) is 0 Å². The number of piperidine rings is 1. The molecule has 4 nitrogen and oxygen atoms in total. The highest BCUT2D eigenvalue weighted by atomic mass is 16.2. The molecule has 3 aromatic rings. The molecule has 2 aliphatic heterocycles. The van der Waals surface area contributed by atoms with Gasteiger partial charge in [-0.3, -0.25) is 14.8 Å². The minimum atomic E-state index is 0.160. The van der Waals surface area contributed by atoms with Crippen molar-refractivity contribution in [3.8, 4) is 0 Å². The maximum absolute atomic E-state index is 13.1. The quantitative estimate of drug-likeness (QED) is 0.678. The molecule has 0 N–H and O–H groups in total. The fourth-order valence-corrected chi connectivity index (χ4v) is 5.20. The number of benzene rings is 1. The number of rotatable bonds is 3. The second-order valence-corrected chi connectivity index (χ2v) is 8.34. The Hall–Kier alpha value is -2.75. The number of pyridine rings is 2. The highest BCUT2D eigenvalue weighted by Gasteiger charge is 2.43. The van der Waals surface area contributed by atoms with E-state index in [0.717, 1.165) is 43.4 Å². The lowest BCUT2D eigenvalue weighted by molar-refractivity contribution is 0.0524. The summed E-state index contributed by atoms with van der Waals surface area (Å²) in [6, 6.07) is 13.2. The van der Waals surface area contributed by atoms with E-state index in [0.29, 0.717) is 18.0 Å². The van der Waals surface area contributed by atoms with E-state index in [1.807, 2.05) is 31.5 Å². The molecule has 142 valence electrons. The Balaban J connectivity index is 1.34. The van der Waals surface area contributed by atoms with Crippen molar-refractivity contribution in [3.05, 3.63) is 71.8 Å². The third-order valence-corrected chi connectivity index (χ3v) is 6.51. The number of carbonyl (C=O) groups excluding carboxylic acids is 1. The van der Waals surface area contributed by atoms with Crippen LogP contribution < -0.4 is 0 Å². The monoisotopic (exact) mass is 371 g/mol. The Morgan fingerprint density at radius 3 is 2.64 bits per heavy atom. The number of nitrogens with zero attached hydrogens (tertiary/aromatic N) is 3. The van der Waals surface area contributed by atoms with Crippen molar-refractivity contribution < 1.29 is 4.79 Å². The van der Waals surface area contributed by atoms with Gasteiger partial charge in [0, 0.05) is 41.8 Å². The zero-order chi connectivity index (χ0) is 19.1. The zero-order valence-electron chi connectivity index (χ0n) is 16.2. The number of aryl methyl sites for hydroxylation is 1. The summed E-state index contributed by atoms with van der Waals surface area (Å²) in [5, 5.41) is 2.52. The SMILES string of the molecule is Cc1ccc(C(=O)N2C3CCC2CC(Cc2cccc4ccncc24)C3)cn1. The van der Waals surface area contributed by atoms with E-state index < -0.39 is 0 Å². The average molecular weight is 371 g/mol. The summed E-state index contributed by atoms with van der Waals surface area (Å²) < 4.78 is 0. The van der Waals surface area contributed by atoms with Gasteiger partial charge in [-0.2, -0.15) is 0 Å². The summed E-state index contributed by atoms with van der Waals surface area (Å²) in [5.74, 6) is 0.788. The van der Waals surface area contributed by atoms with Crippen LogP contribution in [0, 0.1) is 12.8 Å². The number of hydrogen-bond acceptors (Lipinski definition) is 3. The second-order valence-electron chi connectivity index (χ2n) is 8.34. The van der Waals surface area contributed by atoms with E-state index in [9.17, 15) is 4.79 Å². The molecule has 0 spiro atoms. The van der Waals surface area contributed by atoms with Crippen LogP contribution in [0.15, 0.2) is 55.0 Å². The largest absolute Gasteiger partial charge is 0.333 e. The smallest absolute Gasteiger partial charge is 0.255 e. The summed E-state index contributed by atoms with van der Waals surface area (Å²) in [4.78, 5) is 23.9. The van der Waals surface area contributed by atoms with Crippen LogP contribution in [0.25, 0.3) is 10.8 Å². The molecule has 2 unspecified atom stereocenters. The summed E-state index contributed by atoms with van der Waals surface area (Å²) in [6.45, 7) is 1.95. The lowest BCUT2D eigenvalue weighted by Gasteiger charge is -2.39. The Labute approximate surface area is 165 Å². The van der Waals surface area contributed by atoms with Crippen LogP contribution in [0.4, 0.5) is 0 Å². The molecule has 1 aromatic carbocycles. The number of hydrogen-bond donors (Lipinski definition) is 0. The lowest BCUT2D eigenvalue weighted by atomic mass is 9.84. The maximum atomic E-state index is 13.1. The van der Waals surface area contributed by atoms with E-state index in [4.69, 9.17) is 0 Å². The summed E-state index contributed by atoms with van der Waals surface area (Å²) in [6.07, 6.45) is 11.1. The minimum absolute atomic E-state index is 0.160. The van der Waals surface area contributed by atoms with E-state index in [1.165, 1.54) is 16.3 Å². The van der Waals surface area contributed by atoms with Gasteiger partial charge >= 0.3 is 0 Å². The van der Waals surface area contributed by atoms with Crippen molar-refractivity contribution in [1.82, 2.24) is 14.9 Å². The van der Waals surface area contributed by atoms with Crippen LogP contribution in [-0.2, 0) is 6.42 Å². The van der Waals surface area contributed by atoms with Crippen molar-refractivity contribution in [2.75, 3.05) is 0 Å². The third kappa shape index (κ3) is 3.07. The van der Waals surface area contributed by atoms with Crippen LogP contribution in [0.2, 0.25) is 0 Å². The molecule has 5 rings (SSSR count). The summed E-state index contributed by atoms with van der Waals surface area (Å²) >= 11 is 0. The van der Waals surface area contributed by atoms with Gasteiger partial charge in [-0.05, 0) is 74.1 Å². The van der Waals surface area contributed by atoms with Gasteiger partial charge in [-0.15, -0.1) is 0 Å². The van der Waals surface area contributed by atoms with Gasteiger partial charge < -0.3 is 4.90 Å². The first-order valence-electron chi connectivity index (χ1n) is 10.3. The molecule has 4 heteroatoms. The lowest BCUT2D eigenvalue weighted by Crippen LogP contribution is -2.46. The van der Waals surface area contributed by atoms with Gasteiger partial charge in [0.15, 0.2) is 0 Å². The van der Waals surface area contributed by atoms with Crippen molar-refractivity contribution >= 4 is 16.7 Å². The second kappa shape index (κ2) is 7.01. The van der Waals surface area contributed by atoms with E-state index in [1.54, 1.807) is 6.20 Å². The summed E-state index contributed by atoms with van der Waals surface area (Å²) in [7, 11) is 0. The highest BCUT2D eigenvalue weighted by Crippen LogP contribution is 2.41. The van der Waals surface area contributed by atoms with Crippen LogP contribution in [-0.4, -0.2) is 32.9 Å². The average Bonchev–Trinajstić information content (AvgIpc) is 2.99.